The fraction of sp³-hybridized carbons (Fsp3) is 0.500. The molecule has 0 saturated carbocycles. The predicted molar refractivity (Wildman–Crippen MR) is 58.6 cm³/mol. The van der Waals surface area contributed by atoms with Gasteiger partial charge in [-0.2, -0.15) is 5.10 Å². The molecule has 0 spiro atoms. The summed E-state index contributed by atoms with van der Waals surface area (Å²) in [5.41, 5.74) is 0. The van der Waals surface area contributed by atoms with Gasteiger partial charge in [-0.25, -0.2) is 0 Å². The van der Waals surface area contributed by atoms with Gasteiger partial charge in [0, 0.05) is 12.7 Å². The summed E-state index contributed by atoms with van der Waals surface area (Å²) in [6.45, 7) is 4.71. The van der Waals surface area contributed by atoms with E-state index in [4.69, 9.17) is 0 Å². The first-order valence-electron chi connectivity index (χ1n) is 4.62. The maximum atomic E-state index is 4.18. The summed E-state index contributed by atoms with van der Waals surface area (Å²) in [5, 5.41) is 4.18. The number of hydrogen-bond donors (Lipinski definition) is 0. The van der Waals surface area contributed by atoms with Crippen LogP contribution in [0, 0.1) is 0 Å². The Hall–Kier alpha value is -0.570. The highest BCUT2D eigenvalue weighted by molar-refractivity contribution is 9.10. The van der Waals surface area contributed by atoms with Crippen LogP contribution < -0.4 is 0 Å². The van der Waals surface area contributed by atoms with Gasteiger partial charge < -0.3 is 0 Å². The van der Waals surface area contributed by atoms with Gasteiger partial charge in [0.05, 0.1) is 10.7 Å². The number of halogens is 1. The number of unbranched alkanes of at least 4 members (excludes halogenated alkanes) is 3. The van der Waals surface area contributed by atoms with Crippen molar-refractivity contribution in [3.05, 3.63) is 29.5 Å². The molecule has 0 amide bonds. The van der Waals surface area contributed by atoms with Crippen LogP contribution in [0.4, 0.5) is 0 Å². The summed E-state index contributed by atoms with van der Waals surface area (Å²) >= 11 is 3.37. The van der Waals surface area contributed by atoms with Crippen molar-refractivity contribution in [1.82, 2.24) is 9.78 Å². The molecule has 1 aromatic heterocycles. The Balaban J connectivity index is 2.09. The molecule has 0 atom stereocenters. The standard InChI is InChI=1S/C10H15BrN2/c1-2-3-4-5-6-7-13-9-10(11)8-12-13/h2,8-9H,1,3-7H2. The van der Waals surface area contributed by atoms with Gasteiger partial charge in [-0.05, 0) is 35.2 Å². The van der Waals surface area contributed by atoms with Gasteiger partial charge >= 0.3 is 0 Å². The lowest BCUT2D eigenvalue weighted by Gasteiger charge is -1.99. The van der Waals surface area contributed by atoms with Crippen LogP contribution in [0.1, 0.15) is 25.7 Å². The molecular weight excluding hydrogens is 228 g/mol. The van der Waals surface area contributed by atoms with E-state index >= 15 is 0 Å². The second-order valence-corrected chi connectivity index (χ2v) is 3.98. The molecule has 1 rings (SSSR count). The Morgan fingerprint density at radius 2 is 2.31 bits per heavy atom. The molecule has 0 radical (unpaired) electrons. The first kappa shape index (κ1) is 10.5. The van der Waals surface area contributed by atoms with Gasteiger partial charge in [-0.3, -0.25) is 4.68 Å². The van der Waals surface area contributed by atoms with E-state index < -0.39 is 0 Å². The number of aryl methyl sites for hydroxylation is 1. The molecule has 0 bridgehead atoms. The van der Waals surface area contributed by atoms with Crippen LogP contribution in [-0.4, -0.2) is 9.78 Å². The monoisotopic (exact) mass is 242 g/mol. The van der Waals surface area contributed by atoms with Crippen molar-refractivity contribution in [2.75, 3.05) is 0 Å². The summed E-state index contributed by atoms with van der Waals surface area (Å²) < 4.78 is 3.02. The second-order valence-electron chi connectivity index (χ2n) is 3.06. The minimum absolute atomic E-state index is 1.02. The van der Waals surface area contributed by atoms with E-state index in [1.165, 1.54) is 19.3 Å². The van der Waals surface area contributed by atoms with Crippen molar-refractivity contribution >= 4 is 15.9 Å². The highest BCUT2D eigenvalue weighted by Crippen LogP contribution is 2.08. The number of aromatic nitrogens is 2. The van der Waals surface area contributed by atoms with E-state index in [0.717, 1.165) is 17.4 Å². The zero-order valence-corrected chi connectivity index (χ0v) is 9.33. The number of rotatable bonds is 6. The Morgan fingerprint density at radius 3 is 2.92 bits per heavy atom. The van der Waals surface area contributed by atoms with Gasteiger partial charge in [0.1, 0.15) is 0 Å². The maximum absolute atomic E-state index is 4.18. The summed E-state index contributed by atoms with van der Waals surface area (Å²) in [6.07, 6.45) is 10.6. The lowest BCUT2D eigenvalue weighted by molar-refractivity contribution is 0.546. The zero-order valence-electron chi connectivity index (χ0n) is 7.75. The average Bonchev–Trinajstić information content (AvgIpc) is 2.51. The molecule has 72 valence electrons. The SMILES string of the molecule is C=CCCCCCn1cc(Br)cn1. The third-order valence-electron chi connectivity index (χ3n) is 1.90. The molecule has 0 aliphatic rings. The van der Waals surface area contributed by atoms with Crippen LogP contribution in [0.5, 0.6) is 0 Å². The first-order valence-corrected chi connectivity index (χ1v) is 5.41. The summed E-state index contributed by atoms with van der Waals surface area (Å²) in [5.74, 6) is 0. The fourth-order valence-electron chi connectivity index (χ4n) is 1.20. The molecule has 1 aromatic rings. The van der Waals surface area contributed by atoms with Crippen LogP contribution in [0.25, 0.3) is 0 Å². The van der Waals surface area contributed by atoms with Gasteiger partial charge in [0.2, 0.25) is 0 Å². The summed E-state index contributed by atoms with van der Waals surface area (Å²) in [7, 11) is 0. The largest absolute Gasteiger partial charge is 0.272 e. The van der Waals surface area contributed by atoms with Crippen LogP contribution in [0.3, 0.4) is 0 Å². The van der Waals surface area contributed by atoms with Crippen molar-refractivity contribution in [3.8, 4) is 0 Å². The second kappa shape index (κ2) is 5.97. The fourth-order valence-corrected chi connectivity index (χ4v) is 1.53. The molecule has 0 aliphatic carbocycles. The lowest BCUT2D eigenvalue weighted by Crippen LogP contribution is -1.97. The van der Waals surface area contributed by atoms with Gasteiger partial charge in [-0.15, -0.1) is 6.58 Å². The molecule has 3 heteroatoms. The molecule has 0 aromatic carbocycles. The lowest BCUT2D eigenvalue weighted by atomic mass is 10.2. The molecule has 1 heterocycles. The third-order valence-corrected chi connectivity index (χ3v) is 2.31. The molecule has 13 heavy (non-hydrogen) atoms. The van der Waals surface area contributed by atoms with Crippen molar-refractivity contribution in [3.63, 3.8) is 0 Å². The highest BCUT2D eigenvalue weighted by atomic mass is 79.9. The number of nitrogens with zero attached hydrogens (tertiary/aromatic N) is 2. The smallest absolute Gasteiger partial charge is 0.0632 e. The molecular formula is C10H15BrN2. The Kier molecular flexibility index (Phi) is 4.83. The van der Waals surface area contributed by atoms with Crippen LogP contribution in [0.2, 0.25) is 0 Å². The Morgan fingerprint density at radius 1 is 1.46 bits per heavy atom. The van der Waals surface area contributed by atoms with Crippen LogP contribution in [-0.2, 0) is 6.54 Å². The van der Waals surface area contributed by atoms with Crippen LogP contribution in [0.15, 0.2) is 29.5 Å². The van der Waals surface area contributed by atoms with Crippen LogP contribution >= 0.6 is 15.9 Å². The molecule has 0 aliphatic heterocycles. The Labute approximate surface area is 87.8 Å². The Bertz CT molecular complexity index is 255. The van der Waals surface area contributed by atoms with Crippen molar-refractivity contribution in [2.45, 2.75) is 32.2 Å². The molecule has 0 fully saturated rings. The highest BCUT2D eigenvalue weighted by Gasteiger charge is 1.94. The average molecular weight is 243 g/mol. The van der Waals surface area contributed by atoms with Gasteiger partial charge in [0.15, 0.2) is 0 Å². The minimum atomic E-state index is 1.02. The van der Waals surface area contributed by atoms with Crippen molar-refractivity contribution < 1.29 is 0 Å². The topological polar surface area (TPSA) is 17.8 Å². The normalized spacial score (nSPS) is 10.2. The van der Waals surface area contributed by atoms with E-state index in [0.29, 0.717) is 0 Å². The molecule has 0 saturated heterocycles. The maximum Gasteiger partial charge on any atom is 0.0632 e. The van der Waals surface area contributed by atoms with E-state index in [-0.39, 0.29) is 0 Å². The van der Waals surface area contributed by atoms with Gasteiger partial charge in [0.25, 0.3) is 0 Å². The van der Waals surface area contributed by atoms with E-state index in [1.807, 2.05) is 23.2 Å². The zero-order chi connectivity index (χ0) is 9.52. The molecule has 0 N–H and O–H groups in total. The van der Waals surface area contributed by atoms with Crippen molar-refractivity contribution in [2.24, 2.45) is 0 Å². The van der Waals surface area contributed by atoms with Crippen molar-refractivity contribution in [1.29, 1.82) is 0 Å². The first-order chi connectivity index (χ1) is 6.33. The number of hydrogen-bond acceptors (Lipinski definition) is 1. The minimum Gasteiger partial charge on any atom is -0.272 e. The van der Waals surface area contributed by atoms with E-state index in [9.17, 15) is 0 Å². The quantitative estimate of drug-likeness (QED) is 0.553. The molecule has 2 nitrogen and oxygen atoms in total. The summed E-state index contributed by atoms with van der Waals surface area (Å²) in [6, 6.07) is 0. The third kappa shape index (κ3) is 4.27. The summed E-state index contributed by atoms with van der Waals surface area (Å²) in [4.78, 5) is 0. The predicted octanol–water partition coefficient (Wildman–Crippen LogP) is 3.39. The number of allylic oxidation sites excluding steroid dienone is 1. The van der Waals surface area contributed by atoms with E-state index in [2.05, 4.69) is 27.6 Å². The van der Waals surface area contributed by atoms with Gasteiger partial charge in [-0.1, -0.05) is 12.5 Å². The molecule has 0 unspecified atom stereocenters. The van der Waals surface area contributed by atoms with E-state index in [1.54, 1.807) is 0 Å².